The second kappa shape index (κ2) is 8.34. The van der Waals surface area contributed by atoms with E-state index in [4.69, 9.17) is 4.42 Å². The number of amides is 2. The van der Waals surface area contributed by atoms with Crippen LogP contribution in [0.2, 0.25) is 0 Å². The average molecular weight is 465 g/mol. The monoisotopic (exact) mass is 465 g/mol. The third kappa shape index (κ3) is 4.09. The SMILES string of the molecule is Cc1occc1-c1nnc(SCC(=O)N2c3ccccc3NC(=O)CC2C(F)(F)F)n1C. The molecule has 8 nitrogen and oxygen atoms in total. The predicted octanol–water partition coefficient (Wildman–Crippen LogP) is 3.78. The van der Waals surface area contributed by atoms with Crippen LogP contribution in [0.4, 0.5) is 24.5 Å². The molecule has 0 radical (unpaired) electrons. The van der Waals surface area contributed by atoms with Crippen LogP contribution in [0.25, 0.3) is 11.4 Å². The Balaban J connectivity index is 1.61. The first-order chi connectivity index (χ1) is 15.2. The summed E-state index contributed by atoms with van der Waals surface area (Å²) in [6, 6.07) is 5.38. The van der Waals surface area contributed by atoms with Gasteiger partial charge in [-0.25, -0.2) is 0 Å². The summed E-state index contributed by atoms with van der Waals surface area (Å²) in [5.41, 5.74) is 0.874. The Morgan fingerprint density at radius 2 is 2.03 bits per heavy atom. The topological polar surface area (TPSA) is 93.3 Å². The number of para-hydroxylation sites is 2. The first-order valence-corrected chi connectivity index (χ1v) is 10.5. The molecule has 1 unspecified atom stereocenters. The van der Waals surface area contributed by atoms with Gasteiger partial charge >= 0.3 is 6.18 Å². The summed E-state index contributed by atoms with van der Waals surface area (Å²) in [4.78, 5) is 25.7. The molecule has 4 rings (SSSR count). The summed E-state index contributed by atoms with van der Waals surface area (Å²) in [6.07, 6.45) is -4.16. The number of thioether (sulfide) groups is 1. The fraction of sp³-hybridized carbons (Fsp3) is 0.300. The molecule has 0 aliphatic carbocycles. The number of nitrogens with zero attached hydrogens (tertiary/aromatic N) is 4. The van der Waals surface area contributed by atoms with Crippen molar-refractivity contribution < 1.29 is 27.2 Å². The van der Waals surface area contributed by atoms with E-state index in [9.17, 15) is 22.8 Å². The summed E-state index contributed by atoms with van der Waals surface area (Å²) in [5, 5.41) is 10.9. The highest BCUT2D eigenvalue weighted by molar-refractivity contribution is 7.99. The molecule has 1 aliphatic rings. The molecule has 3 heterocycles. The van der Waals surface area contributed by atoms with Crippen LogP contribution >= 0.6 is 11.8 Å². The molecule has 12 heteroatoms. The number of anilines is 2. The van der Waals surface area contributed by atoms with Crippen molar-refractivity contribution in [3.8, 4) is 11.4 Å². The Morgan fingerprint density at radius 3 is 2.72 bits per heavy atom. The molecule has 0 saturated carbocycles. The van der Waals surface area contributed by atoms with E-state index in [-0.39, 0.29) is 17.1 Å². The van der Waals surface area contributed by atoms with Crippen LogP contribution < -0.4 is 10.2 Å². The Morgan fingerprint density at radius 1 is 1.28 bits per heavy atom. The minimum Gasteiger partial charge on any atom is -0.469 e. The Hall–Kier alpha value is -3.28. The lowest BCUT2D eigenvalue weighted by Crippen LogP contribution is -2.50. The van der Waals surface area contributed by atoms with Crippen molar-refractivity contribution in [2.45, 2.75) is 30.7 Å². The number of hydrogen-bond acceptors (Lipinski definition) is 6. The van der Waals surface area contributed by atoms with Crippen molar-refractivity contribution in [1.29, 1.82) is 0 Å². The molecular formula is C20H18F3N5O3S. The number of alkyl halides is 3. The number of nitrogens with one attached hydrogen (secondary N) is 1. The normalized spacial score (nSPS) is 16.5. The quantitative estimate of drug-likeness (QED) is 0.590. The molecule has 0 spiro atoms. The van der Waals surface area contributed by atoms with Crippen molar-refractivity contribution in [1.82, 2.24) is 14.8 Å². The number of halogens is 3. The lowest BCUT2D eigenvalue weighted by atomic mass is 10.1. The van der Waals surface area contributed by atoms with E-state index in [2.05, 4.69) is 15.5 Å². The van der Waals surface area contributed by atoms with E-state index in [1.54, 1.807) is 30.7 Å². The Kier molecular flexibility index (Phi) is 5.71. The summed E-state index contributed by atoms with van der Waals surface area (Å²) in [5.74, 6) is -0.791. The van der Waals surface area contributed by atoms with Crippen molar-refractivity contribution >= 4 is 35.0 Å². The van der Waals surface area contributed by atoms with Gasteiger partial charge in [0.1, 0.15) is 11.8 Å². The molecule has 1 aromatic carbocycles. The number of aryl methyl sites for hydroxylation is 1. The second-order valence-corrected chi connectivity index (χ2v) is 8.08. The Labute approximate surface area is 184 Å². The minimum atomic E-state index is -4.79. The van der Waals surface area contributed by atoms with Crippen molar-refractivity contribution in [2.75, 3.05) is 16.0 Å². The molecule has 0 bridgehead atoms. The predicted molar refractivity (Wildman–Crippen MR) is 111 cm³/mol. The van der Waals surface area contributed by atoms with Gasteiger partial charge in [0.2, 0.25) is 11.8 Å². The van der Waals surface area contributed by atoms with Crippen LogP contribution in [0.5, 0.6) is 0 Å². The van der Waals surface area contributed by atoms with Crippen molar-refractivity contribution in [3.05, 3.63) is 42.4 Å². The maximum atomic E-state index is 13.8. The summed E-state index contributed by atoms with van der Waals surface area (Å²) < 4.78 is 48.3. The minimum absolute atomic E-state index is 0.000971. The maximum absolute atomic E-state index is 13.8. The summed E-state index contributed by atoms with van der Waals surface area (Å²) >= 11 is 0.963. The first-order valence-electron chi connectivity index (χ1n) is 9.51. The number of benzene rings is 1. The fourth-order valence-electron chi connectivity index (χ4n) is 3.48. The Bertz CT molecular complexity index is 1170. The van der Waals surface area contributed by atoms with Crippen LogP contribution in [-0.2, 0) is 16.6 Å². The van der Waals surface area contributed by atoms with E-state index in [0.29, 0.717) is 21.6 Å². The third-order valence-corrected chi connectivity index (χ3v) is 6.04. The molecule has 3 aromatic rings. The standard InChI is InChI=1S/C20H18F3N5O3S/c1-11-12(7-8-31-11)18-25-26-19(27(18)2)32-10-17(30)28-14-6-4-3-5-13(14)24-16(29)9-15(28)20(21,22)23/h3-8,15H,9-10H2,1-2H3,(H,24,29). The van der Waals surface area contributed by atoms with Gasteiger partial charge in [-0.2, -0.15) is 13.2 Å². The number of furan rings is 1. The van der Waals surface area contributed by atoms with E-state index >= 15 is 0 Å². The van der Waals surface area contributed by atoms with Crippen LogP contribution in [0.1, 0.15) is 12.2 Å². The molecule has 32 heavy (non-hydrogen) atoms. The van der Waals surface area contributed by atoms with Crippen molar-refractivity contribution in [2.24, 2.45) is 7.05 Å². The highest BCUT2D eigenvalue weighted by atomic mass is 32.2. The first kappa shape index (κ1) is 21.9. The molecule has 0 fully saturated rings. The lowest BCUT2D eigenvalue weighted by Gasteiger charge is -2.31. The number of fused-ring (bicyclic) bond motifs is 1. The number of aromatic nitrogens is 3. The van der Waals surface area contributed by atoms with Crippen LogP contribution in [-0.4, -0.2) is 44.5 Å². The van der Waals surface area contributed by atoms with Gasteiger partial charge in [-0.3, -0.25) is 14.5 Å². The van der Waals surface area contributed by atoms with Gasteiger partial charge < -0.3 is 14.3 Å². The zero-order chi connectivity index (χ0) is 23.0. The van der Waals surface area contributed by atoms with E-state index in [0.717, 1.165) is 17.3 Å². The molecule has 168 valence electrons. The average Bonchev–Trinajstić information content (AvgIpc) is 3.26. The van der Waals surface area contributed by atoms with Gasteiger partial charge in [0, 0.05) is 7.05 Å². The van der Waals surface area contributed by atoms with Gasteiger partial charge in [-0.1, -0.05) is 23.9 Å². The second-order valence-electron chi connectivity index (χ2n) is 7.13. The lowest BCUT2D eigenvalue weighted by molar-refractivity contribution is -0.157. The number of carbonyl (C=O) groups excluding carboxylic acids is 2. The summed E-state index contributed by atoms with van der Waals surface area (Å²) in [7, 11) is 1.69. The van der Waals surface area contributed by atoms with Crippen LogP contribution in [0.3, 0.4) is 0 Å². The molecule has 2 aromatic heterocycles. The highest BCUT2D eigenvalue weighted by Crippen LogP contribution is 2.38. The van der Waals surface area contributed by atoms with Crippen molar-refractivity contribution in [3.63, 3.8) is 0 Å². The molecule has 1 atom stereocenters. The number of carbonyl (C=O) groups is 2. The molecule has 1 aliphatic heterocycles. The van der Waals surface area contributed by atoms with Gasteiger partial charge in [0.15, 0.2) is 11.0 Å². The van der Waals surface area contributed by atoms with Crippen LogP contribution in [0, 0.1) is 6.92 Å². The van der Waals surface area contributed by atoms with Gasteiger partial charge in [0.05, 0.1) is 35.4 Å². The van der Waals surface area contributed by atoms with Crippen LogP contribution in [0.15, 0.2) is 46.2 Å². The summed E-state index contributed by atoms with van der Waals surface area (Å²) in [6.45, 7) is 1.77. The fourth-order valence-corrected chi connectivity index (χ4v) is 4.25. The highest BCUT2D eigenvalue weighted by Gasteiger charge is 2.48. The molecule has 1 N–H and O–H groups in total. The van der Waals surface area contributed by atoms with E-state index in [1.807, 2.05) is 0 Å². The van der Waals surface area contributed by atoms with Gasteiger partial charge in [-0.05, 0) is 25.1 Å². The number of hydrogen-bond donors (Lipinski definition) is 1. The zero-order valence-corrected chi connectivity index (χ0v) is 17.8. The van der Waals surface area contributed by atoms with E-state index in [1.165, 1.54) is 24.5 Å². The largest absolute Gasteiger partial charge is 0.469 e. The molecular weight excluding hydrogens is 447 g/mol. The van der Waals surface area contributed by atoms with Gasteiger partial charge in [0.25, 0.3) is 0 Å². The molecule has 0 saturated heterocycles. The third-order valence-electron chi connectivity index (χ3n) is 5.03. The number of rotatable bonds is 4. The van der Waals surface area contributed by atoms with Gasteiger partial charge in [-0.15, -0.1) is 10.2 Å². The maximum Gasteiger partial charge on any atom is 0.409 e. The smallest absolute Gasteiger partial charge is 0.409 e. The molecule has 2 amide bonds. The zero-order valence-electron chi connectivity index (χ0n) is 17.0. The van der Waals surface area contributed by atoms with E-state index < -0.39 is 30.5 Å².